The Hall–Kier alpha value is -3.24. The topological polar surface area (TPSA) is 21.1 Å². The van der Waals surface area contributed by atoms with Gasteiger partial charge in [-0.1, -0.05) is 93.1 Å². The number of halogens is 1. The summed E-state index contributed by atoms with van der Waals surface area (Å²) < 4.78 is 16.3. The second-order valence-corrected chi connectivity index (χ2v) is 8.81. The van der Waals surface area contributed by atoms with Crippen molar-refractivity contribution in [3.8, 4) is 22.6 Å². The molecule has 0 atom stereocenters. The van der Waals surface area contributed by atoms with Gasteiger partial charge in [0.15, 0.2) is 0 Å². The molecule has 4 aromatic rings. The van der Waals surface area contributed by atoms with Crippen LogP contribution >= 0.6 is 0 Å². The van der Waals surface area contributed by atoms with Gasteiger partial charge in [0.1, 0.15) is 11.6 Å². The summed E-state index contributed by atoms with van der Waals surface area (Å²) in [6.45, 7) is 7.76. The molecule has 0 amide bonds. The first-order valence-electron chi connectivity index (χ1n) is 12.4. The third kappa shape index (κ3) is 5.81. The Bertz CT molecular complexity index is 1170. The Kier molecular flexibility index (Phi) is 8.26. The third-order valence-corrected chi connectivity index (χ3v) is 6.10. The maximum Gasteiger partial charge on any atom is 0.140 e. The van der Waals surface area contributed by atoms with E-state index in [4.69, 9.17) is 4.98 Å². The van der Waals surface area contributed by atoms with Gasteiger partial charge in [-0.3, -0.25) is 4.90 Å². The molecule has 0 unspecified atom stereocenters. The molecule has 0 aliphatic rings. The smallest absolute Gasteiger partial charge is 0.140 e. The molecule has 4 heteroatoms. The van der Waals surface area contributed by atoms with E-state index in [0.717, 1.165) is 67.1 Å². The Balaban J connectivity index is 1.78. The van der Waals surface area contributed by atoms with Crippen LogP contribution < -0.4 is 0 Å². The van der Waals surface area contributed by atoms with Gasteiger partial charge >= 0.3 is 0 Å². The van der Waals surface area contributed by atoms with Crippen LogP contribution in [0.3, 0.4) is 0 Å². The molecule has 176 valence electrons. The van der Waals surface area contributed by atoms with E-state index in [1.165, 1.54) is 11.8 Å². The highest BCUT2D eigenvalue weighted by molar-refractivity contribution is 5.68. The van der Waals surface area contributed by atoms with Crippen molar-refractivity contribution in [3.05, 3.63) is 102 Å². The largest absolute Gasteiger partial charge is 0.326 e. The van der Waals surface area contributed by atoms with Crippen LogP contribution in [0.15, 0.2) is 84.9 Å². The number of unbranched alkanes of at least 4 members (excludes halogenated alkanes) is 1. The zero-order valence-corrected chi connectivity index (χ0v) is 20.3. The van der Waals surface area contributed by atoms with Crippen molar-refractivity contribution in [2.24, 2.45) is 0 Å². The lowest BCUT2D eigenvalue weighted by Gasteiger charge is -2.24. The molecular weight excluding hydrogens is 421 g/mol. The van der Waals surface area contributed by atoms with Crippen LogP contribution in [0.1, 0.15) is 44.4 Å². The molecule has 0 aliphatic heterocycles. The molecule has 1 heterocycles. The van der Waals surface area contributed by atoms with E-state index in [9.17, 15) is 4.39 Å². The van der Waals surface area contributed by atoms with Crippen molar-refractivity contribution in [1.82, 2.24) is 14.5 Å². The molecule has 0 spiro atoms. The highest BCUT2D eigenvalue weighted by Crippen LogP contribution is 2.31. The molecule has 4 rings (SSSR count). The van der Waals surface area contributed by atoms with Crippen LogP contribution in [0.2, 0.25) is 0 Å². The van der Waals surface area contributed by atoms with E-state index >= 15 is 0 Å². The number of benzene rings is 3. The zero-order valence-electron chi connectivity index (χ0n) is 20.3. The fourth-order valence-corrected chi connectivity index (χ4v) is 4.45. The predicted molar refractivity (Wildman–Crippen MR) is 139 cm³/mol. The number of nitrogens with zero attached hydrogens (tertiary/aromatic N) is 3. The summed E-state index contributed by atoms with van der Waals surface area (Å²) in [6, 6.07) is 27.9. The number of rotatable bonds is 11. The molecule has 0 aliphatic carbocycles. The Morgan fingerprint density at radius 1 is 0.794 bits per heavy atom. The van der Waals surface area contributed by atoms with Crippen LogP contribution in [-0.2, 0) is 19.6 Å². The van der Waals surface area contributed by atoms with E-state index in [0.29, 0.717) is 6.54 Å². The quantitative estimate of drug-likeness (QED) is 0.233. The summed E-state index contributed by atoms with van der Waals surface area (Å²) in [5.74, 6) is 0.831. The summed E-state index contributed by atoms with van der Waals surface area (Å²) in [6.07, 6.45) is 3.24. The summed E-state index contributed by atoms with van der Waals surface area (Å²) in [4.78, 5) is 7.63. The second-order valence-electron chi connectivity index (χ2n) is 8.81. The Morgan fingerprint density at radius 2 is 1.50 bits per heavy atom. The Morgan fingerprint density at radius 3 is 2.15 bits per heavy atom. The monoisotopic (exact) mass is 455 g/mol. The van der Waals surface area contributed by atoms with Crippen molar-refractivity contribution in [2.75, 3.05) is 6.54 Å². The molecule has 0 fully saturated rings. The van der Waals surface area contributed by atoms with Gasteiger partial charge in [-0.2, -0.15) is 0 Å². The normalized spacial score (nSPS) is 11.3. The molecule has 3 aromatic carbocycles. The molecule has 3 nitrogen and oxygen atoms in total. The third-order valence-electron chi connectivity index (χ3n) is 6.10. The number of hydrogen-bond acceptors (Lipinski definition) is 2. The average Bonchev–Trinajstić information content (AvgIpc) is 3.22. The Labute approximate surface area is 202 Å². The standard InChI is InChI=1S/C30H34FN3/c1-3-5-20-33(22-24-13-12-18-27(31)21-24)23-28-29(25-14-8-6-9-15-25)32-30(34(28)19-4-2)26-16-10-7-11-17-26/h6-18,21H,3-5,19-20,22-23H2,1-2H3. The maximum absolute atomic E-state index is 13.9. The second kappa shape index (κ2) is 11.8. The molecule has 0 N–H and O–H groups in total. The van der Waals surface area contributed by atoms with Crippen LogP contribution in [0.4, 0.5) is 4.39 Å². The molecule has 0 saturated heterocycles. The lowest BCUT2D eigenvalue weighted by Crippen LogP contribution is -2.26. The van der Waals surface area contributed by atoms with E-state index in [2.05, 4.69) is 71.8 Å². The minimum atomic E-state index is -0.180. The summed E-state index contributed by atoms with van der Waals surface area (Å²) in [7, 11) is 0. The van der Waals surface area contributed by atoms with Gasteiger partial charge in [0.25, 0.3) is 0 Å². The fourth-order valence-electron chi connectivity index (χ4n) is 4.45. The molecule has 0 bridgehead atoms. The number of aromatic nitrogens is 2. The summed E-state index contributed by atoms with van der Waals surface area (Å²) in [5, 5.41) is 0. The molecule has 0 saturated carbocycles. The lowest BCUT2D eigenvalue weighted by molar-refractivity contribution is 0.246. The lowest BCUT2D eigenvalue weighted by atomic mass is 10.1. The molecule has 0 radical (unpaired) electrons. The molecule has 34 heavy (non-hydrogen) atoms. The SMILES string of the molecule is CCCCN(Cc1cccc(F)c1)Cc1c(-c2ccccc2)nc(-c2ccccc2)n1CCC. The minimum absolute atomic E-state index is 0.180. The van der Waals surface area contributed by atoms with E-state index < -0.39 is 0 Å². The van der Waals surface area contributed by atoms with E-state index in [-0.39, 0.29) is 5.82 Å². The molecule has 1 aromatic heterocycles. The van der Waals surface area contributed by atoms with E-state index in [1.54, 1.807) is 12.1 Å². The van der Waals surface area contributed by atoms with Crippen molar-refractivity contribution >= 4 is 0 Å². The van der Waals surface area contributed by atoms with Crippen LogP contribution in [0, 0.1) is 5.82 Å². The van der Waals surface area contributed by atoms with Crippen LogP contribution in [-0.4, -0.2) is 21.0 Å². The van der Waals surface area contributed by atoms with Gasteiger partial charge in [-0.15, -0.1) is 0 Å². The van der Waals surface area contributed by atoms with Crippen LogP contribution in [0.25, 0.3) is 22.6 Å². The predicted octanol–water partition coefficient (Wildman–Crippen LogP) is 7.57. The van der Waals surface area contributed by atoms with E-state index in [1.807, 2.05) is 18.2 Å². The van der Waals surface area contributed by atoms with Crippen LogP contribution in [0.5, 0.6) is 0 Å². The van der Waals surface area contributed by atoms with Gasteiger partial charge in [-0.05, 0) is 37.1 Å². The van der Waals surface area contributed by atoms with Crippen molar-refractivity contribution in [2.45, 2.75) is 52.7 Å². The zero-order chi connectivity index (χ0) is 23.8. The first-order chi connectivity index (χ1) is 16.7. The summed E-state index contributed by atoms with van der Waals surface area (Å²) >= 11 is 0. The maximum atomic E-state index is 13.9. The van der Waals surface area contributed by atoms with Gasteiger partial charge in [0, 0.05) is 30.8 Å². The first-order valence-corrected chi connectivity index (χ1v) is 12.4. The first kappa shape index (κ1) is 23.9. The molecular formula is C30H34FN3. The minimum Gasteiger partial charge on any atom is -0.326 e. The number of imidazole rings is 1. The highest BCUT2D eigenvalue weighted by atomic mass is 19.1. The van der Waals surface area contributed by atoms with Gasteiger partial charge < -0.3 is 4.57 Å². The summed E-state index contributed by atoms with van der Waals surface area (Å²) in [5.41, 5.74) is 5.52. The van der Waals surface area contributed by atoms with Crippen molar-refractivity contribution < 1.29 is 4.39 Å². The van der Waals surface area contributed by atoms with Gasteiger partial charge in [-0.25, -0.2) is 9.37 Å². The van der Waals surface area contributed by atoms with Crippen molar-refractivity contribution in [3.63, 3.8) is 0 Å². The average molecular weight is 456 g/mol. The van der Waals surface area contributed by atoms with Gasteiger partial charge in [0.05, 0.1) is 11.4 Å². The van der Waals surface area contributed by atoms with Crippen molar-refractivity contribution in [1.29, 1.82) is 0 Å². The number of hydrogen-bond donors (Lipinski definition) is 0. The highest BCUT2D eigenvalue weighted by Gasteiger charge is 2.21. The fraction of sp³-hybridized carbons (Fsp3) is 0.300. The van der Waals surface area contributed by atoms with Gasteiger partial charge in [0.2, 0.25) is 0 Å².